The van der Waals surface area contributed by atoms with Crippen LogP contribution in [0.3, 0.4) is 0 Å². The zero-order chi connectivity index (χ0) is 17.4. The van der Waals surface area contributed by atoms with Gasteiger partial charge in [0.25, 0.3) is 5.91 Å². The fourth-order valence-electron chi connectivity index (χ4n) is 2.40. The van der Waals surface area contributed by atoms with Crippen molar-refractivity contribution in [2.24, 2.45) is 0 Å². The molecule has 2 aromatic rings. The van der Waals surface area contributed by atoms with Crippen LogP contribution in [-0.4, -0.2) is 5.91 Å². The summed E-state index contributed by atoms with van der Waals surface area (Å²) < 4.78 is 0. The van der Waals surface area contributed by atoms with Gasteiger partial charge in [-0.15, -0.1) is 0 Å². The lowest BCUT2D eigenvalue weighted by molar-refractivity contribution is -0.112. The molecule has 24 heavy (non-hydrogen) atoms. The van der Waals surface area contributed by atoms with E-state index in [2.05, 4.69) is 10.6 Å². The van der Waals surface area contributed by atoms with E-state index in [9.17, 15) is 10.1 Å². The number of benzene rings is 2. The summed E-state index contributed by atoms with van der Waals surface area (Å²) in [6, 6.07) is 17.6. The SMILES string of the molecule is CCc1cccc(C)c1NC(=O)/C(C#N)=C\NCc1ccccc1. The smallest absolute Gasteiger partial charge is 0.267 e. The molecule has 0 unspecified atom stereocenters. The van der Waals surface area contributed by atoms with Crippen molar-refractivity contribution in [3.05, 3.63) is 77.0 Å². The summed E-state index contributed by atoms with van der Waals surface area (Å²) in [5.41, 5.74) is 3.96. The molecule has 4 heteroatoms. The van der Waals surface area contributed by atoms with Crippen molar-refractivity contribution < 1.29 is 4.79 Å². The molecule has 0 aliphatic carbocycles. The van der Waals surface area contributed by atoms with Gasteiger partial charge in [-0.3, -0.25) is 4.79 Å². The average molecular weight is 319 g/mol. The normalized spacial score (nSPS) is 10.8. The van der Waals surface area contributed by atoms with Crippen LogP contribution < -0.4 is 10.6 Å². The Balaban J connectivity index is 2.07. The van der Waals surface area contributed by atoms with Gasteiger partial charge in [-0.05, 0) is 30.0 Å². The van der Waals surface area contributed by atoms with E-state index in [1.165, 1.54) is 6.20 Å². The Bertz CT molecular complexity index is 773. The van der Waals surface area contributed by atoms with Crippen LogP contribution in [0.2, 0.25) is 0 Å². The molecular weight excluding hydrogens is 298 g/mol. The molecule has 0 heterocycles. The van der Waals surface area contributed by atoms with Gasteiger partial charge in [-0.1, -0.05) is 55.5 Å². The molecule has 0 atom stereocenters. The number of rotatable bonds is 6. The Hall–Kier alpha value is -3.06. The minimum atomic E-state index is -0.401. The molecule has 0 saturated carbocycles. The van der Waals surface area contributed by atoms with Crippen LogP contribution >= 0.6 is 0 Å². The summed E-state index contributed by atoms with van der Waals surface area (Å²) in [4.78, 5) is 12.4. The van der Waals surface area contributed by atoms with Gasteiger partial charge in [0.1, 0.15) is 11.6 Å². The van der Waals surface area contributed by atoms with Crippen LogP contribution in [-0.2, 0) is 17.8 Å². The summed E-state index contributed by atoms with van der Waals surface area (Å²) in [6.45, 7) is 4.54. The van der Waals surface area contributed by atoms with E-state index in [0.717, 1.165) is 28.8 Å². The minimum Gasteiger partial charge on any atom is -0.386 e. The van der Waals surface area contributed by atoms with E-state index in [0.29, 0.717) is 6.54 Å². The lowest BCUT2D eigenvalue weighted by Crippen LogP contribution is -2.18. The van der Waals surface area contributed by atoms with Crippen molar-refractivity contribution in [2.75, 3.05) is 5.32 Å². The molecule has 0 bridgehead atoms. The lowest BCUT2D eigenvalue weighted by atomic mass is 10.1. The van der Waals surface area contributed by atoms with E-state index < -0.39 is 5.91 Å². The van der Waals surface area contributed by atoms with E-state index in [1.807, 2.05) is 68.4 Å². The Morgan fingerprint density at radius 2 is 1.92 bits per heavy atom. The van der Waals surface area contributed by atoms with Crippen LogP contribution in [0.25, 0.3) is 0 Å². The highest BCUT2D eigenvalue weighted by molar-refractivity contribution is 6.07. The maximum atomic E-state index is 12.4. The highest BCUT2D eigenvalue weighted by Crippen LogP contribution is 2.21. The highest BCUT2D eigenvalue weighted by Gasteiger charge is 2.12. The van der Waals surface area contributed by atoms with E-state index in [4.69, 9.17) is 0 Å². The minimum absolute atomic E-state index is 0.0521. The number of hydrogen-bond acceptors (Lipinski definition) is 3. The van der Waals surface area contributed by atoms with Gasteiger partial charge in [0, 0.05) is 18.4 Å². The fourth-order valence-corrected chi connectivity index (χ4v) is 2.40. The third-order valence-electron chi connectivity index (χ3n) is 3.74. The average Bonchev–Trinajstić information content (AvgIpc) is 2.61. The monoisotopic (exact) mass is 319 g/mol. The number of anilines is 1. The first kappa shape index (κ1) is 17.3. The molecule has 122 valence electrons. The maximum absolute atomic E-state index is 12.4. The topological polar surface area (TPSA) is 64.9 Å². The number of hydrogen-bond donors (Lipinski definition) is 2. The number of aryl methyl sites for hydroxylation is 2. The number of carbonyl (C=O) groups excluding carboxylic acids is 1. The number of amides is 1. The zero-order valence-corrected chi connectivity index (χ0v) is 14.0. The Kier molecular flexibility index (Phi) is 6.16. The standard InChI is InChI=1S/C20H21N3O/c1-3-17-11-7-8-15(2)19(17)23-20(24)18(12-21)14-22-13-16-9-5-4-6-10-16/h4-11,14,22H,3,13H2,1-2H3,(H,23,24)/b18-14-. The Morgan fingerprint density at radius 1 is 1.17 bits per heavy atom. The molecule has 2 N–H and O–H groups in total. The second-order valence-corrected chi connectivity index (χ2v) is 5.45. The van der Waals surface area contributed by atoms with E-state index in [-0.39, 0.29) is 5.57 Å². The van der Waals surface area contributed by atoms with Crippen molar-refractivity contribution in [3.63, 3.8) is 0 Å². The van der Waals surface area contributed by atoms with Gasteiger partial charge in [-0.2, -0.15) is 5.26 Å². The van der Waals surface area contributed by atoms with Crippen molar-refractivity contribution in [3.8, 4) is 6.07 Å². The number of nitrogens with one attached hydrogen (secondary N) is 2. The first-order chi connectivity index (χ1) is 11.7. The predicted octanol–water partition coefficient (Wildman–Crippen LogP) is 3.69. The third-order valence-corrected chi connectivity index (χ3v) is 3.74. The molecule has 0 fully saturated rings. The molecule has 2 rings (SSSR count). The molecule has 1 amide bonds. The highest BCUT2D eigenvalue weighted by atomic mass is 16.1. The van der Waals surface area contributed by atoms with Gasteiger partial charge in [0.2, 0.25) is 0 Å². The molecule has 4 nitrogen and oxygen atoms in total. The second-order valence-electron chi connectivity index (χ2n) is 5.45. The first-order valence-corrected chi connectivity index (χ1v) is 7.93. The summed E-state index contributed by atoms with van der Waals surface area (Å²) in [5, 5.41) is 15.1. The van der Waals surface area contributed by atoms with Crippen LogP contribution in [0.15, 0.2) is 60.3 Å². The molecule has 0 radical (unpaired) electrons. The van der Waals surface area contributed by atoms with E-state index >= 15 is 0 Å². The quantitative estimate of drug-likeness (QED) is 0.630. The number of nitrogens with zero attached hydrogens (tertiary/aromatic N) is 1. The first-order valence-electron chi connectivity index (χ1n) is 7.93. The largest absolute Gasteiger partial charge is 0.386 e. The number of para-hydroxylation sites is 1. The van der Waals surface area contributed by atoms with Crippen molar-refractivity contribution >= 4 is 11.6 Å². The molecule has 0 aliphatic rings. The van der Waals surface area contributed by atoms with Crippen molar-refractivity contribution in [1.29, 1.82) is 5.26 Å². The zero-order valence-electron chi connectivity index (χ0n) is 14.0. The van der Waals surface area contributed by atoms with Crippen LogP contribution in [0.4, 0.5) is 5.69 Å². The Morgan fingerprint density at radius 3 is 2.58 bits per heavy atom. The summed E-state index contributed by atoms with van der Waals surface area (Å²) in [6.07, 6.45) is 2.28. The maximum Gasteiger partial charge on any atom is 0.267 e. The summed E-state index contributed by atoms with van der Waals surface area (Å²) in [5.74, 6) is -0.401. The number of nitriles is 1. The van der Waals surface area contributed by atoms with Gasteiger partial charge in [0.15, 0.2) is 0 Å². The molecule has 0 aromatic heterocycles. The van der Waals surface area contributed by atoms with Gasteiger partial charge < -0.3 is 10.6 Å². The lowest BCUT2D eigenvalue weighted by Gasteiger charge is -2.12. The van der Waals surface area contributed by atoms with Crippen LogP contribution in [0.5, 0.6) is 0 Å². The molecule has 0 aliphatic heterocycles. The van der Waals surface area contributed by atoms with Crippen molar-refractivity contribution in [1.82, 2.24) is 5.32 Å². The molecule has 0 spiro atoms. The molecule has 2 aromatic carbocycles. The fraction of sp³-hybridized carbons (Fsp3) is 0.200. The van der Waals surface area contributed by atoms with Crippen molar-refractivity contribution in [2.45, 2.75) is 26.8 Å². The van der Waals surface area contributed by atoms with Crippen LogP contribution in [0.1, 0.15) is 23.6 Å². The predicted molar refractivity (Wildman–Crippen MR) is 96.2 cm³/mol. The van der Waals surface area contributed by atoms with Gasteiger partial charge >= 0.3 is 0 Å². The van der Waals surface area contributed by atoms with Gasteiger partial charge in [-0.25, -0.2) is 0 Å². The van der Waals surface area contributed by atoms with E-state index in [1.54, 1.807) is 0 Å². The van der Waals surface area contributed by atoms with Crippen LogP contribution in [0, 0.1) is 18.3 Å². The molecule has 0 saturated heterocycles. The van der Waals surface area contributed by atoms with Gasteiger partial charge in [0.05, 0.1) is 0 Å². The second kappa shape index (κ2) is 8.54. The molecular formula is C20H21N3O. The Labute approximate surface area is 142 Å². The third kappa shape index (κ3) is 4.47. The summed E-state index contributed by atoms with van der Waals surface area (Å²) >= 11 is 0. The number of carbonyl (C=O) groups is 1. The summed E-state index contributed by atoms with van der Waals surface area (Å²) in [7, 11) is 0.